The Kier molecular flexibility index (Phi) is 7.10. The number of fused-ring (bicyclic) bond motifs is 1. The van der Waals surface area contributed by atoms with Gasteiger partial charge < -0.3 is 15.5 Å². The van der Waals surface area contributed by atoms with Crippen molar-refractivity contribution in [1.29, 1.82) is 0 Å². The molecule has 2 heterocycles. The second-order valence-corrected chi connectivity index (χ2v) is 7.73. The Balaban J connectivity index is 1.82. The molecule has 1 aliphatic heterocycles. The molecule has 30 heavy (non-hydrogen) atoms. The summed E-state index contributed by atoms with van der Waals surface area (Å²) in [4.78, 5) is 38.2. The molecule has 1 unspecified atom stereocenters. The molecule has 160 valence electrons. The van der Waals surface area contributed by atoms with Gasteiger partial charge in [0.1, 0.15) is 5.69 Å². The molecule has 1 aromatic carbocycles. The van der Waals surface area contributed by atoms with Crippen LogP contribution in [0.1, 0.15) is 42.7 Å². The SMILES string of the molecule is CCCCC1CN(CC(=O)NCC(=O)NC)C(=O)c2cc(-c3ccc(Cl)cc3)nn21. The minimum Gasteiger partial charge on any atom is -0.358 e. The smallest absolute Gasteiger partial charge is 0.272 e. The molecule has 9 heteroatoms. The average molecular weight is 432 g/mol. The third kappa shape index (κ3) is 4.99. The summed E-state index contributed by atoms with van der Waals surface area (Å²) in [5, 5.41) is 10.3. The minimum absolute atomic E-state index is 0.00885. The fourth-order valence-electron chi connectivity index (χ4n) is 3.46. The van der Waals surface area contributed by atoms with Gasteiger partial charge in [0.25, 0.3) is 5.91 Å². The van der Waals surface area contributed by atoms with E-state index in [1.807, 2.05) is 12.1 Å². The Labute approximate surface area is 180 Å². The molecule has 0 fully saturated rings. The summed E-state index contributed by atoms with van der Waals surface area (Å²) in [6.07, 6.45) is 2.87. The largest absolute Gasteiger partial charge is 0.358 e. The van der Waals surface area contributed by atoms with Crippen molar-refractivity contribution in [3.63, 3.8) is 0 Å². The van der Waals surface area contributed by atoms with Crippen molar-refractivity contribution in [3.05, 3.63) is 41.0 Å². The van der Waals surface area contributed by atoms with Gasteiger partial charge in [-0.05, 0) is 24.6 Å². The van der Waals surface area contributed by atoms with Crippen molar-refractivity contribution in [1.82, 2.24) is 25.3 Å². The highest BCUT2D eigenvalue weighted by Gasteiger charge is 2.33. The van der Waals surface area contributed by atoms with Gasteiger partial charge in [0.15, 0.2) is 0 Å². The van der Waals surface area contributed by atoms with E-state index in [-0.39, 0.29) is 36.9 Å². The number of halogens is 1. The highest BCUT2D eigenvalue weighted by Crippen LogP contribution is 2.29. The van der Waals surface area contributed by atoms with E-state index in [2.05, 4.69) is 17.6 Å². The number of rotatable bonds is 8. The maximum absolute atomic E-state index is 13.0. The highest BCUT2D eigenvalue weighted by molar-refractivity contribution is 6.30. The molecule has 2 N–H and O–H groups in total. The molecule has 0 spiro atoms. The lowest BCUT2D eigenvalue weighted by Crippen LogP contribution is -2.48. The van der Waals surface area contributed by atoms with Gasteiger partial charge >= 0.3 is 0 Å². The quantitative estimate of drug-likeness (QED) is 0.670. The second kappa shape index (κ2) is 9.75. The molecule has 0 saturated carbocycles. The second-order valence-electron chi connectivity index (χ2n) is 7.30. The van der Waals surface area contributed by atoms with E-state index in [9.17, 15) is 14.4 Å². The number of hydrogen-bond acceptors (Lipinski definition) is 4. The van der Waals surface area contributed by atoms with Crippen molar-refractivity contribution in [2.45, 2.75) is 32.2 Å². The Morgan fingerprint density at radius 3 is 2.63 bits per heavy atom. The van der Waals surface area contributed by atoms with Crippen LogP contribution in [-0.2, 0) is 9.59 Å². The molecule has 0 saturated heterocycles. The lowest BCUT2D eigenvalue weighted by molar-refractivity contribution is -0.126. The third-order valence-electron chi connectivity index (χ3n) is 5.11. The number of aromatic nitrogens is 2. The van der Waals surface area contributed by atoms with E-state index in [0.717, 1.165) is 24.8 Å². The molecular formula is C21H26ClN5O3. The monoisotopic (exact) mass is 431 g/mol. The molecule has 1 aromatic heterocycles. The van der Waals surface area contributed by atoms with E-state index in [1.165, 1.54) is 11.9 Å². The molecule has 0 bridgehead atoms. The van der Waals surface area contributed by atoms with E-state index >= 15 is 0 Å². The highest BCUT2D eigenvalue weighted by atomic mass is 35.5. The van der Waals surface area contributed by atoms with Gasteiger partial charge in [-0.15, -0.1) is 0 Å². The van der Waals surface area contributed by atoms with Crippen molar-refractivity contribution in [2.24, 2.45) is 0 Å². The first-order chi connectivity index (χ1) is 14.4. The van der Waals surface area contributed by atoms with Crippen molar-refractivity contribution >= 4 is 29.3 Å². The van der Waals surface area contributed by atoms with Crippen molar-refractivity contribution in [3.8, 4) is 11.3 Å². The van der Waals surface area contributed by atoms with Gasteiger partial charge in [0.2, 0.25) is 11.8 Å². The molecule has 1 aliphatic rings. The number of likely N-dealkylation sites (N-methyl/N-ethyl adjacent to an activating group) is 1. The standard InChI is InChI=1S/C21H26ClN5O3/c1-3-4-5-16-12-26(13-20(29)24-11-19(28)23-2)21(30)18-10-17(25-27(16)18)14-6-8-15(22)9-7-14/h6-10,16H,3-5,11-13H2,1-2H3,(H,23,28)(H,24,29). The van der Waals surface area contributed by atoms with Crippen LogP contribution in [0.25, 0.3) is 11.3 Å². The number of hydrogen-bond donors (Lipinski definition) is 2. The summed E-state index contributed by atoms with van der Waals surface area (Å²) in [5.74, 6) is -0.905. The zero-order valence-corrected chi connectivity index (χ0v) is 17.9. The van der Waals surface area contributed by atoms with Gasteiger partial charge in [-0.2, -0.15) is 5.10 Å². The first kappa shape index (κ1) is 21.8. The summed E-state index contributed by atoms with van der Waals surface area (Å²) < 4.78 is 1.79. The van der Waals surface area contributed by atoms with Crippen LogP contribution in [0.5, 0.6) is 0 Å². The molecule has 1 atom stereocenters. The van der Waals surface area contributed by atoms with Crippen LogP contribution in [0.2, 0.25) is 5.02 Å². The predicted molar refractivity (Wildman–Crippen MR) is 114 cm³/mol. The van der Waals surface area contributed by atoms with Crippen LogP contribution in [0.4, 0.5) is 0 Å². The number of unbranched alkanes of at least 4 members (excludes halogenated alkanes) is 1. The topological polar surface area (TPSA) is 96.3 Å². The molecule has 0 aliphatic carbocycles. The Hall–Kier alpha value is -2.87. The summed E-state index contributed by atoms with van der Waals surface area (Å²) in [6.45, 7) is 2.30. The summed E-state index contributed by atoms with van der Waals surface area (Å²) >= 11 is 5.98. The van der Waals surface area contributed by atoms with Crippen LogP contribution in [0, 0.1) is 0 Å². The Morgan fingerprint density at radius 1 is 1.23 bits per heavy atom. The third-order valence-corrected chi connectivity index (χ3v) is 5.36. The molecule has 3 amide bonds. The van der Waals surface area contributed by atoms with Crippen LogP contribution < -0.4 is 10.6 Å². The number of benzene rings is 1. The summed E-state index contributed by atoms with van der Waals surface area (Å²) in [7, 11) is 1.50. The summed E-state index contributed by atoms with van der Waals surface area (Å²) in [5.41, 5.74) is 2.03. The number of carbonyl (C=O) groups is 3. The van der Waals surface area contributed by atoms with Crippen LogP contribution in [0.3, 0.4) is 0 Å². The van der Waals surface area contributed by atoms with Crippen molar-refractivity contribution in [2.75, 3.05) is 26.7 Å². The molecule has 2 aromatic rings. The van der Waals surface area contributed by atoms with E-state index in [0.29, 0.717) is 23.0 Å². The average Bonchev–Trinajstić information content (AvgIpc) is 3.19. The van der Waals surface area contributed by atoms with Gasteiger partial charge in [0, 0.05) is 24.2 Å². The first-order valence-corrected chi connectivity index (χ1v) is 10.4. The minimum atomic E-state index is -0.368. The number of carbonyl (C=O) groups excluding carboxylic acids is 3. The van der Waals surface area contributed by atoms with Gasteiger partial charge in [-0.3, -0.25) is 19.1 Å². The predicted octanol–water partition coefficient (Wildman–Crippen LogP) is 2.25. The fraction of sp³-hybridized carbons (Fsp3) is 0.429. The zero-order chi connectivity index (χ0) is 21.7. The first-order valence-electron chi connectivity index (χ1n) is 10.0. The normalized spacial score (nSPS) is 15.6. The lowest BCUT2D eigenvalue weighted by atomic mass is 10.1. The van der Waals surface area contributed by atoms with Gasteiger partial charge in [-0.25, -0.2) is 0 Å². The zero-order valence-electron chi connectivity index (χ0n) is 17.2. The van der Waals surface area contributed by atoms with Gasteiger partial charge in [0.05, 0.1) is 24.8 Å². The van der Waals surface area contributed by atoms with E-state index in [1.54, 1.807) is 22.9 Å². The van der Waals surface area contributed by atoms with Gasteiger partial charge in [-0.1, -0.05) is 43.5 Å². The Morgan fingerprint density at radius 2 is 1.97 bits per heavy atom. The lowest BCUT2D eigenvalue weighted by Gasteiger charge is -2.33. The molecule has 0 radical (unpaired) electrons. The van der Waals surface area contributed by atoms with Crippen molar-refractivity contribution < 1.29 is 14.4 Å². The number of nitrogens with zero attached hydrogens (tertiary/aromatic N) is 3. The van der Waals surface area contributed by atoms with Crippen LogP contribution in [-0.4, -0.2) is 59.1 Å². The molecular weight excluding hydrogens is 406 g/mol. The maximum atomic E-state index is 13.0. The van der Waals surface area contributed by atoms with E-state index < -0.39 is 0 Å². The number of amides is 3. The van der Waals surface area contributed by atoms with Crippen LogP contribution in [0.15, 0.2) is 30.3 Å². The molecule has 3 rings (SSSR count). The molecule has 8 nitrogen and oxygen atoms in total. The Bertz CT molecular complexity index is 925. The van der Waals surface area contributed by atoms with Crippen LogP contribution >= 0.6 is 11.6 Å². The number of nitrogens with one attached hydrogen (secondary N) is 2. The fourth-order valence-corrected chi connectivity index (χ4v) is 3.58. The van der Waals surface area contributed by atoms with E-state index in [4.69, 9.17) is 16.7 Å². The summed E-state index contributed by atoms with van der Waals surface area (Å²) in [6, 6.07) is 9.06. The maximum Gasteiger partial charge on any atom is 0.272 e.